The standard InChI is InChI=1S/C11H12ClNO3/c12-8-3-1-7(2-4-8)9(11(13)16)5-6-10(14)15/h1-4,9H,5-6H2,(H2,13,16)(H,14,15)/t9-/m1/s1. The van der Waals surface area contributed by atoms with Gasteiger partial charge < -0.3 is 10.8 Å². The van der Waals surface area contributed by atoms with Crippen LogP contribution in [-0.2, 0) is 9.59 Å². The zero-order valence-electron chi connectivity index (χ0n) is 8.52. The van der Waals surface area contributed by atoms with Crippen LogP contribution in [-0.4, -0.2) is 17.0 Å². The first kappa shape index (κ1) is 12.5. The van der Waals surface area contributed by atoms with Crippen molar-refractivity contribution < 1.29 is 14.7 Å². The van der Waals surface area contributed by atoms with Crippen LogP contribution in [0.3, 0.4) is 0 Å². The zero-order valence-corrected chi connectivity index (χ0v) is 9.28. The Kier molecular flexibility index (Phi) is 4.31. The molecule has 0 unspecified atom stereocenters. The fourth-order valence-corrected chi connectivity index (χ4v) is 1.56. The van der Waals surface area contributed by atoms with Gasteiger partial charge in [0, 0.05) is 11.4 Å². The Morgan fingerprint density at radius 3 is 2.31 bits per heavy atom. The van der Waals surface area contributed by atoms with Crippen molar-refractivity contribution in [3.05, 3.63) is 34.9 Å². The molecular weight excluding hydrogens is 230 g/mol. The second-order valence-corrected chi connectivity index (χ2v) is 3.88. The van der Waals surface area contributed by atoms with Crippen molar-refractivity contribution in [1.29, 1.82) is 0 Å². The van der Waals surface area contributed by atoms with Gasteiger partial charge in [0.25, 0.3) is 0 Å². The van der Waals surface area contributed by atoms with Crippen LogP contribution in [0.1, 0.15) is 24.3 Å². The number of nitrogens with two attached hydrogens (primary N) is 1. The molecule has 4 nitrogen and oxygen atoms in total. The van der Waals surface area contributed by atoms with Crippen molar-refractivity contribution in [3.63, 3.8) is 0 Å². The average Bonchev–Trinajstić information content (AvgIpc) is 2.20. The molecule has 0 aliphatic heterocycles. The lowest BCUT2D eigenvalue weighted by atomic mass is 9.94. The molecule has 5 heteroatoms. The van der Waals surface area contributed by atoms with E-state index in [-0.39, 0.29) is 12.8 Å². The Balaban J connectivity index is 2.81. The molecule has 0 fully saturated rings. The van der Waals surface area contributed by atoms with E-state index < -0.39 is 17.8 Å². The highest BCUT2D eigenvalue weighted by Gasteiger charge is 2.18. The summed E-state index contributed by atoms with van der Waals surface area (Å²) in [5.41, 5.74) is 5.92. The van der Waals surface area contributed by atoms with Crippen LogP contribution in [0.4, 0.5) is 0 Å². The van der Waals surface area contributed by atoms with Crippen LogP contribution in [0.25, 0.3) is 0 Å². The average molecular weight is 242 g/mol. The molecule has 0 saturated carbocycles. The second-order valence-electron chi connectivity index (χ2n) is 3.44. The van der Waals surface area contributed by atoms with Crippen molar-refractivity contribution in [1.82, 2.24) is 0 Å². The first-order chi connectivity index (χ1) is 7.50. The lowest BCUT2D eigenvalue weighted by Gasteiger charge is -2.12. The van der Waals surface area contributed by atoms with Crippen molar-refractivity contribution >= 4 is 23.5 Å². The van der Waals surface area contributed by atoms with Crippen LogP contribution in [0.15, 0.2) is 24.3 Å². The molecule has 0 spiro atoms. The molecule has 16 heavy (non-hydrogen) atoms. The maximum atomic E-state index is 11.2. The summed E-state index contributed by atoms with van der Waals surface area (Å²) in [5.74, 6) is -2.04. The van der Waals surface area contributed by atoms with E-state index in [4.69, 9.17) is 22.4 Å². The number of rotatable bonds is 5. The quantitative estimate of drug-likeness (QED) is 0.825. The SMILES string of the molecule is NC(=O)[C@H](CCC(=O)O)c1ccc(Cl)cc1. The maximum Gasteiger partial charge on any atom is 0.303 e. The Bertz CT molecular complexity index is 389. The van der Waals surface area contributed by atoms with Gasteiger partial charge in [-0.1, -0.05) is 23.7 Å². The highest BCUT2D eigenvalue weighted by atomic mass is 35.5. The Labute approximate surface area is 98.0 Å². The van der Waals surface area contributed by atoms with Gasteiger partial charge in [0.15, 0.2) is 0 Å². The minimum Gasteiger partial charge on any atom is -0.481 e. The third kappa shape index (κ3) is 3.55. The summed E-state index contributed by atoms with van der Waals surface area (Å²) in [4.78, 5) is 21.6. The number of carbonyl (C=O) groups excluding carboxylic acids is 1. The van der Waals surface area contributed by atoms with E-state index in [0.717, 1.165) is 0 Å². The summed E-state index contributed by atoms with van der Waals surface area (Å²) < 4.78 is 0. The van der Waals surface area contributed by atoms with Gasteiger partial charge >= 0.3 is 5.97 Å². The predicted octanol–water partition coefficient (Wildman–Crippen LogP) is 1.77. The highest BCUT2D eigenvalue weighted by molar-refractivity contribution is 6.30. The predicted molar refractivity (Wildman–Crippen MR) is 60.3 cm³/mol. The van der Waals surface area contributed by atoms with E-state index in [1.807, 2.05) is 0 Å². The number of hydrogen-bond donors (Lipinski definition) is 2. The fraction of sp³-hybridized carbons (Fsp3) is 0.273. The lowest BCUT2D eigenvalue weighted by molar-refractivity contribution is -0.137. The van der Waals surface area contributed by atoms with Crippen LogP contribution in [0.2, 0.25) is 5.02 Å². The molecule has 3 N–H and O–H groups in total. The largest absolute Gasteiger partial charge is 0.481 e. The first-order valence-corrected chi connectivity index (χ1v) is 5.15. The van der Waals surface area contributed by atoms with Gasteiger partial charge in [0.05, 0.1) is 5.92 Å². The van der Waals surface area contributed by atoms with Crippen LogP contribution < -0.4 is 5.73 Å². The summed E-state index contributed by atoms with van der Waals surface area (Å²) in [6.45, 7) is 0. The molecule has 1 rings (SSSR count). The molecule has 0 saturated heterocycles. The number of aliphatic carboxylic acids is 1. The molecule has 0 aliphatic rings. The normalized spacial score (nSPS) is 12.1. The lowest BCUT2D eigenvalue weighted by Crippen LogP contribution is -2.22. The molecule has 0 bridgehead atoms. The van der Waals surface area contributed by atoms with E-state index >= 15 is 0 Å². The number of carbonyl (C=O) groups is 2. The number of halogens is 1. The molecule has 86 valence electrons. The third-order valence-corrected chi connectivity index (χ3v) is 2.51. The molecule has 0 heterocycles. The van der Waals surface area contributed by atoms with Gasteiger partial charge in [0.2, 0.25) is 5.91 Å². The van der Waals surface area contributed by atoms with Crippen molar-refractivity contribution in [2.45, 2.75) is 18.8 Å². The van der Waals surface area contributed by atoms with Crippen LogP contribution in [0.5, 0.6) is 0 Å². The molecule has 0 radical (unpaired) electrons. The number of carboxylic acids is 1. The molecule has 1 aromatic carbocycles. The Hall–Kier alpha value is -1.55. The number of benzene rings is 1. The number of primary amides is 1. The molecule has 0 aliphatic carbocycles. The van der Waals surface area contributed by atoms with Gasteiger partial charge in [0.1, 0.15) is 0 Å². The smallest absolute Gasteiger partial charge is 0.303 e. The van der Waals surface area contributed by atoms with Crippen LogP contribution >= 0.6 is 11.6 Å². The summed E-state index contributed by atoms with van der Waals surface area (Å²) in [6.07, 6.45) is 0.114. The minimum atomic E-state index is -0.944. The molecule has 0 aromatic heterocycles. The van der Waals surface area contributed by atoms with E-state index in [1.165, 1.54) is 0 Å². The van der Waals surface area contributed by atoms with Gasteiger partial charge in [-0.3, -0.25) is 9.59 Å². The summed E-state index contributed by atoms with van der Waals surface area (Å²) in [6, 6.07) is 6.65. The summed E-state index contributed by atoms with van der Waals surface area (Å²) in [5, 5.41) is 9.12. The van der Waals surface area contributed by atoms with Gasteiger partial charge in [-0.15, -0.1) is 0 Å². The molecule has 1 aromatic rings. The maximum absolute atomic E-state index is 11.2. The first-order valence-electron chi connectivity index (χ1n) is 4.77. The number of amides is 1. The topological polar surface area (TPSA) is 80.4 Å². The fourth-order valence-electron chi connectivity index (χ4n) is 1.44. The van der Waals surface area contributed by atoms with Gasteiger partial charge in [-0.05, 0) is 24.1 Å². The van der Waals surface area contributed by atoms with Crippen molar-refractivity contribution in [2.75, 3.05) is 0 Å². The zero-order chi connectivity index (χ0) is 12.1. The molecule has 1 amide bonds. The molecular formula is C11H12ClNO3. The summed E-state index contributed by atoms with van der Waals surface area (Å²) in [7, 11) is 0. The van der Waals surface area contributed by atoms with E-state index in [1.54, 1.807) is 24.3 Å². The second kappa shape index (κ2) is 5.51. The monoisotopic (exact) mass is 241 g/mol. The van der Waals surface area contributed by atoms with Gasteiger partial charge in [-0.25, -0.2) is 0 Å². The minimum absolute atomic E-state index is 0.0871. The highest BCUT2D eigenvalue weighted by Crippen LogP contribution is 2.22. The van der Waals surface area contributed by atoms with Crippen LogP contribution in [0, 0.1) is 0 Å². The van der Waals surface area contributed by atoms with Crippen molar-refractivity contribution in [3.8, 4) is 0 Å². The van der Waals surface area contributed by atoms with Gasteiger partial charge in [-0.2, -0.15) is 0 Å². The van der Waals surface area contributed by atoms with E-state index in [0.29, 0.717) is 10.6 Å². The van der Waals surface area contributed by atoms with E-state index in [2.05, 4.69) is 0 Å². The van der Waals surface area contributed by atoms with E-state index in [9.17, 15) is 9.59 Å². The summed E-state index contributed by atoms with van der Waals surface area (Å²) >= 11 is 5.71. The van der Waals surface area contributed by atoms with Crippen molar-refractivity contribution in [2.24, 2.45) is 5.73 Å². The molecule has 1 atom stereocenters. The number of carboxylic acid groups (broad SMARTS) is 1. The Morgan fingerprint density at radius 1 is 1.31 bits per heavy atom. The third-order valence-electron chi connectivity index (χ3n) is 2.26. The number of hydrogen-bond acceptors (Lipinski definition) is 2. The Morgan fingerprint density at radius 2 is 1.88 bits per heavy atom.